The molecule has 0 aliphatic carbocycles. The molecule has 20 heavy (non-hydrogen) atoms. The normalized spacial score (nSPS) is 26.9. The third-order valence-electron chi connectivity index (χ3n) is 4.22. The first kappa shape index (κ1) is 13.3. The SMILES string of the molecule is Cc1ccc([C@H]2O[C@@H](c3ccccc3)[C@@H](C)N2C)cc1. The van der Waals surface area contributed by atoms with Crippen LogP contribution in [0.15, 0.2) is 54.6 Å². The number of rotatable bonds is 2. The van der Waals surface area contributed by atoms with E-state index >= 15 is 0 Å². The fraction of sp³-hybridized carbons (Fsp3) is 0.333. The number of ether oxygens (including phenoxy) is 1. The van der Waals surface area contributed by atoms with E-state index in [2.05, 4.69) is 74.3 Å². The second-order valence-electron chi connectivity index (χ2n) is 5.64. The summed E-state index contributed by atoms with van der Waals surface area (Å²) in [6.45, 7) is 4.34. The summed E-state index contributed by atoms with van der Waals surface area (Å²) in [5.41, 5.74) is 3.76. The lowest BCUT2D eigenvalue weighted by Gasteiger charge is -2.21. The highest BCUT2D eigenvalue weighted by Crippen LogP contribution is 2.40. The van der Waals surface area contributed by atoms with Gasteiger partial charge in [-0.3, -0.25) is 4.90 Å². The first-order valence-corrected chi connectivity index (χ1v) is 7.16. The van der Waals surface area contributed by atoms with Crippen molar-refractivity contribution in [2.75, 3.05) is 7.05 Å². The Morgan fingerprint density at radius 3 is 2.20 bits per heavy atom. The molecule has 1 saturated heterocycles. The number of hydrogen-bond donors (Lipinski definition) is 0. The summed E-state index contributed by atoms with van der Waals surface area (Å²) in [5.74, 6) is 0. The Morgan fingerprint density at radius 1 is 0.900 bits per heavy atom. The number of hydrogen-bond acceptors (Lipinski definition) is 2. The zero-order valence-electron chi connectivity index (χ0n) is 12.3. The van der Waals surface area contributed by atoms with Crippen LogP contribution in [0, 0.1) is 6.92 Å². The Bertz CT molecular complexity index is 564. The summed E-state index contributed by atoms with van der Waals surface area (Å²) in [4.78, 5) is 2.31. The average molecular weight is 267 g/mol. The summed E-state index contributed by atoms with van der Waals surface area (Å²) in [6.07, 6.45) is 0.170. The monoisotopic (exact) mass is 267 g/mol. The summed E-state index contributed by atoms with van der Waals surface area (Å²) >= 11 is 0. The summed E-state index contributed by atoms with van der Waals surface area (Å²) in [6, 6.07) is 19.5. The molecule has 0 unspecified atom stereocenters. The van der Waals surface area contributed by atoms with Gasteiger partial charge in [0.1, 0.15) is 12.3 Å². The van der Waals surface area contributed by atoms with Crippen molar-refractivity contribution >= 4 is 0 Å². The third-order valence-corrected chi connectivity index (χ3v) is 4.22. The first-order chi connectivity index (χ1) is 9.66. The number of benzene rings is 2. The van der Waals surface area contributed by atoms with Crippen molar-refractivity contribution < 1.29 is 4.74 Å². The van der Waals surface area contributed by atoms with Crippen LogP contribution in [-0.2, 0) is 4.74 Å². The highest BCUT2D eigenvalue weighted by Gasteiger charge is 2.38. The van der Waals surface area contributed by atoms with Gasteiger partial charge in [0, 0.05) is 6.04 Å². The third kappa shape index (κ3) is 2.37. The molecule has 3 atom stereocenters. The molecule has 104 valence electrons. The summed E-state index contributed by atoms with van der Waals surface area (Å²) in [5, 5.41) is 0. The molecule has 1 heterocycles. The Hall–Kier alpha value is -1.64. The zero-order chi connectivity index (χ0) is 14.1. The molecule has 0 amide bonds. The van der Waals surface area contributed by atoms with Crippen molar-refractivity contribution in [3.05, 3.63) is 71.3 Å². The molecule has 2 aromatic carbocycles. The van der Waals surface area contributed by atoms with Crippen molar-refractivity contribution in [2.45, 2.75) is 32.2 Å². The Morgan fingerprint density at radius 2 is 1.55 bits per heavy atom. The minimum atomic E-state index is 0.0378. The minimum Gasteiger partial charge on any atom is -0.349 e. The molecule has 0 radical (unpaired) electrons. The Labute approximate surface area is 121 Å². The van der Waals surface area contributed by atoms with Crippen LogP contribution in [0.4, 0.5) is 0 Å². The van der Waals surface area contributed by atoms with Crippen molar-refractivity contribution in [1.82, 2.24) is 4.90 Å². The molecule has 0 aromatic heterocycles. The van der Waals surface area contributed by atoms with E-state index in [4.69, 9.17) is 4.74 Å². The lowest BCUT2D eigenvalue weighted by atomic mass is 10.0. The lowest BCUT2D eigenvalue weighted by molar-refractivity contribution is 0.00560. The Kier molecular flexibility index (Phi) is 3.60. The van der Waals surface area contributed by atoms with Gasteiger partial charge in [-0.05, 0) is 32.0 Å². The molecule has 2 nitrogen and oxygen atoms in total. The fourth-order valence-electron chi connectivity index (χ4n) is 2.82. The number of aryl methyl sites for hydroxylation is 1. The molecule has 0 saturated carbocycles. The largest absolute Gasteiger partial charge is 0.349 e. The van der Waals surface area contributed by atoms with Crippen LogP contribution in [0.2, 0.25) is 0 Å². The van der Waals surface area contributed by atoms with Crippen LogP contribution in [-0.4, -0.2) is 18.0 Å². The molecule has 1 fully saturated rings. The van der Waals surface area contributed by atoms with E-state index in [-0.39, 0.29) is 12.3 Å². The van der Waals surface area contributed by atoms with Gasteiger partial charge in [-0.25, -0.2) is 0 Å². The average Bonchev–Trinajstić information content (AvgIpc) is 2.77. The fourth-order valence-corrected chi connectivity index (χ4v) is 2.82. The van der Waals surface area contributed by atoms with Gasteiger partial charge in [0.05, 0.1) is 0 Å². The van der Waals surface area contributed by atoms with Crippen molar-refractivity contribution in [1.29, 1.82) is 0 Å². The highest BCUT2D eigenvalue weighted by atomic mass is 16.5. The maximum absolute atomic E-state index is 6.32. The molecule has 0 N–H and O–H groups in total. The predicted octanol–water partition coefficient (Wildman–Crippen LogP) is 4.09. The van der Waals surface area contributed by atoms with Gasteiger partial charge in [0.15, 0.2) is 0 Å². The van der Waals surface area contributed by atoms with Crippen LogP contribution < -0.4 is 0 Å². The number of nitrogens with zero attached hydrogens (tertiary/aromatic N) is 1. The second-order valence-corrected chi connectivity index (χ2v) is 5.64. The molecular formula is C18H21NO. The molecule has 2 aromatic rings. The van der Waals surface area contributed by atoms with E-state index in [9.17, 15) is 0 Å². The van der Waals surface area contributed by atoms with Gasteiger partial charge in [-0.15, -0.1) is 0 Å². The smallest absolute Gasteiger partial charge is 0.137 e. The van der Waals surface area contributed by atoms with Crippen molar-refractivity contribution in [2.24, 2.45) is 0 Å². The van der Waals surface area contributed by atoms with Gasteiger partial charge in [-0.2, -0.15) is 0 Å². The topological polar surface area (TPSA) is 12.5 Å². The molecule has 0 spiro atoms. The molecular weight excluding hydrogens is 246 g/mol. The van der Waals surface area contributed by atoms with E-state index < -0.39 is 0 Å². The van der Waals surface area contributed by atoms with E-state index in [1.807, 2.05) is 6.07 Å². The van der Waals surface area contributed by atoms with Gasteiger partial charge in [0.2, 0.25) is 0 Å². The van der Waals surface area contributed by atoms with E-state index in [1.54, 1.807) is 0 Å². The number of likely N-dealkylation sites (N-methyl/N-ethyl adjacent to an activating group) is 1. The van der Waals surface area contributed by atoms with Gasteiger partial charge in [0.25, 0.3) is 0 Å². The quantitative estimate of drug-likeness (QED) is 0.812. The van der Waals surface area contributed by atoms with E-state index in [0.29, 0.717) is 6.04 Å². The molecule has 1 aliphatic rings. The highest BCUT2D eigenvalue weighted by molar-refractivity contribution is 5.26. The molecule has 0 bridgehead atoms. The summed E-state index contributed by atoms with van der Waals surface area (Å²) in [7, 11) is 2.14. The first-order valence-electron chi connectivity index (χ1n) is 7.16. The zero-order valence-corrected chi connectivity index (χ0v) is 12.3. The van der Waals surface area contributed by atoms with Crippen LogP contribution >= 0.6 is 0 Å². The van der Waals surface area contributed by atoms with Gasteiger partial charge >= 0.3 is 0 Å². The second kappa shape index (κ2) is 5.39. The molecule has 1 aliphatic heterocycles. The van der Waals surface area contributed by atoms with E-state index in [0.717, 1.165) is 0 Å². The van der Waals surface area contributed by atoms with Crippen LogP contribution in [0.3, 0.4) is 0 Å². The lowest BCUT2D eigenvalue weighted by Crippen LogP contribution is -2.27. The van der Waals surface area contributed by atoms with Crippen LogP contribution in [0.5, 0.6) is 0 Å². The maximum atomic E-state index is 6.32. The summed E-state index contributed by atoms with van der Waals surface area (Å²) < 4.78 is 6.32. The molecule has 3 rings (SSSR count). The van der Waals surface area contributed by atoms with E-state index in [1.165, 1.54) is 16.7 Å². The van der Waals surface area contributed by atoms with Crippen LogP contribution in [0.25, 0.3) is 0 Å². The minimum absolute atomic E-state index is 0.0378. The standard InChI is InChI=1S/C18H21NO/c1-13-9-11-16(12-10-13)18-19(3)14(2)17(20-18)15-7-5-4-6-8-15/h4-12,14,17-18H,1-3H3/t14-,17-,18-/m1/s1. The predicted molar refractivity (Wildman–Crippen MR) is 81.4 cm³/mol. The van der Waals surface area contributed by atoms with Crippen LogP contribution in [0.1, 0.15) is 35.9 Å². The Balaban J connectivity index is 1.87. The van der Waals surface area contributed by atoms with Gasteiger partial charge < -0.3 is 4.74 Å². The van der Waals surface area contributed by atoms with Crippen molar-refractivity contribution in [3.63, 3.8) is 0 Å². The molecule has 2 heteroatoms. The van der Waals surface area contributed by atoms with Crippen molar-refractivity contribution in [3.8, 4) is 0 Å². The maximum Gasteiger partial charge on any atom is 0.137 e. The van der Waals surface area contributed by atoms with Gasteiger partial charge in [-0.1, -0.05) is 60.2 Å².